The van der Waals surface area contributed by atoms with Crippen LogP contribution in [0.1, 0.15) is 13.8 Å². The lowest BCUT2D eigenvalue weighted by molar-refractivity contribution is -0.131. The van der Waals surface area contributed by atoms with Crippen LogP contribution in [0.2, 0.25) is 0 Å². The molecule has 1 aromatic rings. The van der Waals surface area contributed by atoms with Gasteiger partial charge in [-0.1, -0.05) is 0 Å². The van der Waals surface area contributed by atoms with Gasteiger partial charge < -0.3 is 15.8 Å². The lowest BCUT2D eigenvalue weighted by atomic mass is 10.0. The van der Waals surface area contributed by atoms with E-state index in [-0.39, 0.29) is 29.6 Å². The second-order valence-electron chi connectivity index (χ2n) is 5.30. The quantitative estimate of drug-likeness (QED) is 0.775. The van der Waals surface area contributed by atoms with Crippen LogP contribution in [0.5, 0.6) is 5.75 Å². The van der Waals surface area contributed by atoms with Gasteiger partial charge in [-0.05, 0) is 26.0 Å². The number of nitrogen functional groups attached to an aromatic ring is 1. The lowest BCUT2D eigenvalue weighted by Crippen LogP contribution is -2.63. The number of piperazine rings is 1. The Morgan fingerprint density at radius 3 is 2.62 bits per heavy atom. The topological polar surface area (TPSA) is 102 Å². The molecule has 8 heteroatoms. The standard InChI is InChI=1S/C13H19N3O4S/c1-13(2)12(17)15-6-7-16(13)21(18,19)11-5-4-9(20-3)8-10(11)14/h4-5,8H,6-7,14H2,1-3H3,(H,15,17). The van der Waals surface area contributed by atoms with E-state index in [2.05, 4.69) is 5.32 Å². The van der Waals surface area contributed by atoms with Gasteiger partial charge in [0.2, 0.25) is 15.9 Å². The number of ether oxygens (including phenoxy) is 1. The Morgan fingerprint density at radius 1 is 1.38 bits per heavy atom. The summed E-state index contributed by atoms with van der Waals surface area (Å²) in [7, 11) is -2.39. The van der Waals surface area contributed by atoms with Crippen molar-refractivity contribution < 1.29 is 17.9 Å². The number of rotatable bonds is 3. The second kappa shape index (κ2) is 5.19. The third-order valence-electron chi connectivity index (χ3n) is 3.56. The van der Waals surface area contributed by atoms with E-state index in [1.54, 1.807) is 13.8 Å². The Hall–Kier alpha value is -1.80. The molecular formula is C13H19N3O4S. The summed E-state index contributed by atoms with van der Waals surface area (Å²) in [6, 6.07) is 4.37. The number of methoxy groups -OCH3 is 1. The molecule has 21 heavy (non-hydrogen) atoms. The number of hydrogen-bond donors (Lipinski definition) is 2. The molecule has 1 aliphatic rings. The summed E-state index contributed by atoms with van der Waals surface area (Å²) in [6.45, 7) is 3.61. The van der Waals surface area contributed by atoms with Crippen molar-refractivity contribution in [2.24, 2.45) is 0 Å². The van der Waals surface area contributed by atoms with E-state index in [1.807, 2.05) is 0 Å². The molecule has 1 fully saturated rings. The van der Waals surface area contributed by atoms with E-state index in [4.69, 9.17) is 10.5 Å². The Labute approximate surface area is 124 Å². The maximum Gasteiger partial charge on any atom is 0.246 e. The summed E-state index contributed by atoms with van der Waals surface area (Å²) < 4.78 is 31.8. The molecule has 2 rings (SSSR count). The normalized spacial score (nSPS) is 19.1. The van der Waals surface area contributed by atoms with Gasteiger partial charge in [-0.25, -0.2) is 8.42 Å². The molecule has 0 spiro atoms. The summed E-state index contributed by atoms with van der Waals surface area (Å²) in [6.07, 6.45) is 0. The van der Waals surface area contributed by atoms with E-state index in [0.29, 0.717) is 5.75 Å². The highest BCUT2D eigenvalue weighted by atomic mass is 32.2. The second-order valence-corrected chi connectivity index (χ2v) is 7.13. The molecule has 1 heterocycles. The monoisotopic (exact) mass is 313 g/mol. The van der Waals surface area contributed by atoms with E-state index >= 15 is 0 Å². The van der Waals surface area contributed by atoms with Crippen LogP contribution in [0.4, 0.5) is 5.69 Å². The van der Waals surface area contributed by atoms with Gasteiger partial charge in [0, 0.05) is 19.2 Å². The fraction of sp³-hybridized carbons (Fsp3) is 0.462. The molecular weight excluding hydrogens is 294 g/mol. The largest absolute Gasteiger partial charge is 0.497 e. The fourth-order valence-corrected chi connectivity index (χ4v) is 4.16. The number of amides is 1. The van der Waals surface area contributed by atoms with Crippen molar-refractivity contribution in [1.29, 1.82) is 0 Å². The zero-order valence-corrected chi connectivity index (χ0v) is 13.0. The van der Waals surface area contributed by atoms with Crippen molar-refractivity contribution in [3.63, 3.8) is 0 Å². The van der Waals surface area contributed by atoms with Crippen LogP contribution < -0.4 is 15.8 Å². The minimum absolute atomic E-state index is 0.0222. The molecule has 0 aliphatic carbocycles. The molecule has 0 bridgehead atoms. The van der Waals surface area contributed by atoms with Gasteiger partial charge in [-0.2, -0.15) is 4.31 Å². The highest BCUT2D eigenvalue weighted by Gasteiger charge is 2.45. The molecule has 1 aliphatic heterocycles. The maximum absolute atomic E-state index is 12.8. The van der Waals surface area contributed by atoms with Gasteiger partial charge in [0.05, 0.1) is 12.8 Å². The summed E-state index contributed by atoms with van der Waals surface area (Å²) in [4.78, 5) is 11.9. The van der Waals surface area contributed by atoms with Gasteiger partial charge in [-0.15, -0.1) is 0 Å². The van der Waals surface area contributed by atoms with Gasteiger partial charge in [0.1, 0.15) is 16.2 Å². The van der Waals surface area contributed by atoms with E-state index in [1.165, 1.54) is 29.6 Å². The molecule has 1 amide bonds. The third-order valence-corrected chi connectivity index (χ3v) is 5.71. The molecule has 1 saturated heterocycles. The number of anilines is 1. The SMILES string of the molecule is COc1ccc(S(=O)(=O)N2CCNC(=O)C2(C)C)c(N)c1. The van der Waals surface area contributed by atoms with Crippen molar-refractivity contribution in [3.8, 4) is 5.75 Å². The first kappa shape index (κ1) is 15.6. The van der Waals surface area contributed by atoms with Crippen molar-refractivity contribution in [1.82, 2.24) is 9.62 Å². The first-order valence-corrected chi connectivity index (χ1v) is 7.90. The minimum Gasteiger partial charge on any atom is -0.497 e. The van der Waals surface area contributed by atoms with Gasteiger partial charge in [0.25, 0.3) is 0 Å². The molecule has 0 atom stereocenters. The smallest absolute Gasteiger partial charge is 0.246 e. The number of carbonyl (C=O) groups is 1. The lowest BCUT2D eigenvalue weighted by Gasteiger charge is -2.40. The number of sulfonamides is 1. The first-order valence-electron chi connectivity index (χ1n) is 6.46. The van der Waals surface area contributed by atoms with E-state index < -0.39 is 15.6 Å². The van der Waals surface area contributed by atoms with Crippen molar-refractivity contribution >= 4 is 21.6 Å². The Morgan fingerprint density at radius 2 is 2.05 bits per heavy atom. The maximum atomic E-state index is 12.8. The summed E-state index contributed by atoms with van der Waals surface area (Å²) >= 11 is 0. The molecule has 1 aromatic carbocycles. The summed E-state index contributed by atoms with van der Waals surface area (Å²) in [5.74, 6) is 0.145. The molecule has 116 valence electrons. The van der Waals surface area contributed by atoms with Crippen molar-refractivity contribution in [2.75, 3.05) is 25.9 Å². The fourth-order valence-electron chi connectivity index (χ4n) is 2.31. The number of hydrogen-bond acceptors (Lipinski definition) is 5. The van der Waals surface area contributed by atoms with Crippen LogP contribution in [0.25, 0.3) is 0 Å². The molecule has 0 aromatic heterocycles. The van der Waals surface area contributed by atoms with Crippen molar-refractivity contribution in [2.45, 2.75) is 24.3 Å². The van der Waals surface area contributed by atoms with Crippen molar-refractivity contribution in [3.05, 3.63) is 18.2 Å². The number of nitrogens with two attached hydrogens (primary N) is 1. The predicted molar refractivity (Wildman–Crippen MR) is 78.4 cm³/mol. The summed E-state index contributed by atoms with van der Waals surface area (Å²) in [5.41, 5.74) is 4.76. The number of benzene rings is 1. The Kier molecular flexibility index (Phi) is 3.85. The van der Waals surface area contributed by atoms with Crippen LogP contribution in [0.3, 0.4) is 0 Å². The van der Waals surface area contributed by atoms with Crippen LogP contribution in [-0.4, -0.2) is 44.4 Å². The molecule has 0 unspecified atom stereocenters. The zero-order valence-electron chi connectivity index (χ0n) is 12.2. The van der Waals surface area contributed by atoms with Gasteiger partial charge >= 0.3 is 0 Å². The Bertz CT molecular complexity index is 670. The number of nitrogens with one attached hydrogen (secondary N) is 1. The first-order chi connectivity index (χ1) is 9.71. The average Bonchev–Trinajstić information content (AvgIpc) is 2.41. The predicted octanol–water partition coefficient (Wildman–Crippen LogP) is 0.177. The van der Waals surface area contributed by atoms with Crippen LogP contribution in [-0.2, 0) is 14.8 Å². The van der Waals surface area contributed by atoms with E-state index in [9.17, 15) is 13.2 Å². The average molecular weight is 313 g/mol. The van der Waals surface area contributed by atoms with Gasteiger partial charge in [-0.3, -0.25) is 4.79 Å². The summed E-state index contributed by atoms with van der Waals surface area (Å²) in [5, 5.41) is 2.66. The Balaban J connectivity index is 2.49. The molecule has 0 radical (unpaired) electrons. The molecule has 7 nitrogen and oxygen atoms in total. The third kappa shape index (κ3) is 2.56. The van der Waals surface area contributed by atoms with Crippen LogP contribution >= 0.6 is 0 Å². The van der Waals surface area contributed by atoms with Gasteiger partial charge in [0.15, 0.2) is 0 Å². The zero-order chi connectivity index (χ0) is 15.8. The van der Waals surface area contributed by atoms with Crippen LogP contribution in [0, 0.1) is 0 Å². The highest BCUT2D eigenvalue weighted by Crippen LogP contribution is 2.31. The van der Waals surface area contributed by atoms with E-state index in [0.717, 1.165) is 0 Å². The minimum atomic E-state index is -3.87. The van der Waals surface area contributed by atoms with Crippen LogP contribution in [0.15, 0.2) is 23.1 Å². The highest BCUT2D eigenvalue weighted by molar-refractivity contribution is 7.89. The number of carbonyl (C=O) groups excluding carboxylic acids is 1. The number of nitrogens with zero attached hydrogens (tertiary/aromatic N) is 1. The molecule has 0 saturated carbocycles. The molecule has 3 N–H and O–H groups in total.